The normalized spacial score (nSPS) is 24.0. The van der Waals surface area contributed by atoms with Crippen LogP contribution in [0.25, 0.3) is 0 Å². The number of anilines is 1. The van der Waals surface area contributed by atoms with E-state index >= 15 is 0 Å². The number of allylic oxidation sites excluding steroid dienone is 2. The van der Waals surface area contributed by atoms with Gasteiger partial charge in [-0.2, -0.15) is 0 Å². The van der Waals surface area contributed by atoms with Gasteiger partial charge < -0.3 is 10.1 Å². The van der Waals surface area contributed by atoms with Crippen LogP contribution in [0.4, 0.5) is 11.4 Å². The van der Waals surface area contributed by atoms with Crippen LogP contribution < -0.4 is 10.1 Å². The minimum Gasteiger partial charge on any atom is -0.495 e. The molecule has 4 rings (SSSR count). The van der Waals surface area contributed by atoms with Crippen LogP contribution in [0.5, 0.6) is 5.75 Å². The summed E-state index contributed by atoms with van der Waals surface area (Å²) in [6.07, 6.45) is 5.14. The smallest absolute Gasteiger partial charge is 0.275 e. The second-order valence-corrected chi connectivity index (χ2v) is 6.22. The minimum atomic E-state index is -0.300. The summed E-state index contributed by atoms with van der Waals surface area (Å²) in [4.78, 5) is 11.2. The van der Waals surface area contributed by atoms with Gasteiger partial charge in [0.15, 0.2) is 0 Å². The third-order valence-electron chi connectivity index (χ3n) is 5.03. The minimum absolute atomic E-state index is 0.0296. The molecule has 0 unspecified atom stereocenters. The van der Waals surface area contributed by atoms with Crippen molar-refractivity contribution in [3.63, 3.8) is 0 Å². The lowest BCUT2D eigenvalue weighted by Gasteiger charge is -2.37. The van der Waals surface area contributed by atoms with E-state index in [1.165, 1.54) is 5.56 Å². The second-order valence-electron chi connectivity index (χ2n) is 6.22. The molecule has 0 aromatic heterocycles. The fraction of sp³-hybridized carbons (Fsp3) is 0.263. The van der Waals surface area contributed by atoms with Crippen molar-refractivity contribution in [3.05, 3.63) is 75.9 Å². The first kappa shape index (κ1) is 14.8. The Hall–Kier alpha value is -2.82. The molecule has 0 saturated carbocycles. The maximum absolute atomic E-state index is 11.5. The molecule has 2 aliphatic rings. The number of benzene rings is 2. The number of nitro benzene ring substituents is 1. The molecule has 122 valence electrons. The molecule has 5 heteroatoms. The molecular weight excluding hydrogens is 304 g/mol. The number of hydrogen-bond acceptors (Lipinski definition) is 4. The molecule has 0 radical (unpaired) electrons. The van der Waals surface area contributed by atoms with Crippen molar-refractivity contribution in [1.82, 2.24) is 0 Å². The van der Waals surface area contributed by atoms with Crippen LogP contribution in [0, 0.1) is 16.0 Å². The second kappa shape index (κ2) is 5.67. The summed E-state index contributed by atoms with van der Waals surface area (Å²) in [5.41, 5.74) is 2.83. The summed E-state index contributed by atoms with van der Waals surface area (Å²) < 4.78 is 5.47. The Labute approximate surface area is 140 Å². The van der Waals surface area contributed by atoms with Gasteiger partial charge in [0.25, 0.3) is 5.69 Å². The first-order valence-corrected chi connectivity index (χ1v) is 8.04. The van der Waals surface area contributed by atoms with Crippen molar-refractivity contribution in [1.29, 1.82) is 0 Å². The van der Waals surface area contributed by atoms with Gasteiger partial charge in [-0.1, -0.05) is 42.5 Å². The first-order valence-electron chi connectivity index (χ1n) is 8.04. The number of rotatable bonds is 3. The van der Waals surface area contributed by atoms with Crippen LogP contribution in [0.2, 0.25) is 0 Å². The lowest BCUT2D eigenvalue weighted by molar-refractivity contribution is -0.385. The monoisotopic (exact) mass is 322 g/mol. The van der Waals surface area contributed by atoms with Crippen LogP contribution in [0.3, 0.4) is 0 Å². The number of methoxy groups -OCH3 is 1. The van der Waals surface area contributed by atoms with Gasteiger partial charge in [0.2, 0.25) is 0 Å². The molecule has 0 fully saturated rings. The molecule has 0 bridgehead atoms. The van der Waals surface area contributed by atoms with Crippen molar-refractivity contribution >= 4 is 11.4 Å². The van der Waals surface area contributed by atoms with E-state index in [-0.39, 0.29) is 28.5 Å². The van der Waals surface area contributed by atoms with Crippen LogP contribution in [0.1, 0.15) is 29.5 Å². The first-order chi connectivity index (χ1) is 11.7. The van der Waals surface area contributed by atoms with Gasteiger partial charge in [-0.25, -0.2) is 0 Å². The van der Waals surface area contributed by atoms with Crippen molar-refractivity contribution in [3.8, 4) is 5.75 Å². The maximum atomic E-state index is 11.5. The maximum Gasteiger partial charge on any atom is 0.275 e. The zero-order valence-corrected chi connectivity index (χ0v) is 13.3. The molecule has 1 aliphatic carbocycles. The fourth-order valence-corrected chi connectivity index (χ4v) is 3.98. The SMILES string of the molecule is COc1ccc([N+](=O)[O-])c2c1N[C@H](c1ccccc1)[C@H]1CC=C[C@H]21. The van der Waals surface area contributed by atoms with Crippen LogP contribution in [-0.2, 0) is 0 Å². The summed E-state index contributed by atoms with van der Waals surface area (Å²) in [5, 5.41) is 15.1. The largest absolute Gasteiger partial charge is 0.495 e. The average Bonchev–Trinajstić information content (AvgIpc) is 3.10. The van der Waals surface area contributed by atoms with Crippen molar-refractivity contribution < 1.29 is 9.66 Å². The van der Waals surface area contributed by atoms with Crippen molar-refractivity contribution in [2.45, 2.75) is 18.4 Å². The summed E-state index contributed by atoms with van der Waals surface area (Å²) in [6, 6.07) is 13.6. The third-order valence-corrected chi connectivity index (χ3v) is 5.03. The van der Waals surface area contributed by atoms with Crippen LogP contribution in [0.15, 0.2) is 54.6 Å². The Kier molecular flexibility index (Phi) is 3.49. The highest BCUT2D eigenvalue weighted by Gasteiger charge is 2.42. The van der Waals surface area contributed by atoms with E-state index < -0.39 is 0 Å². The van der Waals surface area contributed by atoms with Gasteiger partial charge in [-0.05, 0) is 24.0 Å². The molecule has 2 aromatic carbocycles. The molecular formula is C19H18N2O3. The summed E-state index contributed by atoms with van der Waals surface area (Å²) in [5.74, 6) is 0.947. The molecule has 0 spiro atoms. The predicted octanol–water partition coefficient (Wildman–Crippen LogP) is 4.43. The van der Waals surface area contributed by atoms with Crippen LogP contribution >= 0.6 is 0 Å². The van der Waals surface area contributed by atoms with Gasteiger partial charge in [0, 0.05) is 12.0 Å². The van der Waals surface area contributed by atoms with E-state index in [9.17, 15) is 10.1 Å². The number of nitrogens with zero attached hydrogens (tertiary/aromatic N) is 1. The summed E-state index contributed by atoms with van der Waals surface area (Å²) >= 11 is 0. The quantitative estimate of drug-likeness (QED) is 0.516. The fourth-order valence-electron chi connectivity index (χ4n) is 3.98. The predicted molar refractivity (Wildman–Crippen MR) is 92.4 cm³/mol. The molecule has 1 aliphatic heterocycles. The highest BCUT2D eigenvalue weighted by molar-refractivity contribution is 5.73. The molecule has 0 saturated heterocycles. The van der Waals surface area contributed by atoms with Gasteiger partial charge in [-0.3, -0.25) is 10.1 Å². The number of nitro groups is 1. The van der Waals surface area contributed by atoms with E-state index in [1.807, 2.05) is 18.2 Å². The lowest BCUT2D eigenvalue weighted by atomic mass is 9.76. The topological polar surface area (TPSA) is 64.4 Å². The Balaban J connectivity index is 1.90. The standard InChI is InChI=1S/C19H18N2O3/c1-24-16-11-10-15(21(22)23)17-13-8-5-9-14(13)18(20-19(16)17)12-6-3-2-4-7-12/h2-8,10-11,13-14,18,20H,9H2,1H3/t13-,14-,18+/m0/s1. The third kappa shape index (κ3) is 2.16. The van der Waals surface area contributed by atoms with Gasteiger partial charge >= 0.3 is 0 Å². The van der Waals surface area contributed by atoms with E-state index in [2.05, 4.69) is 29.6 Å². The average molecular weight is 322 g/mol. The van der Waals surface area contributed by atoms with Crippen molar-refractivity contribution in [2.24, 2.45) is 5.92 Å². The molecule has 2 aromatic rings. The Morgan fingerprint density at radius 1 is 1.21 bits per heavy atom. The molecule has 0 amide bonds. The number of fused-ring (bicyclic) bond motifs is 3. The highest BCUT2D eigenvalue weighted by atomic mass is 16.6. The zero-order chi connectivity index (χ0) is 16.7. The molecule has 5 nitrogen and oxygen atoms in total. The van der Waals surface area contributed by atoms with Gasteiger partial charge in [0.05, 0.1) is 29.3 Å². The number of hydrogen-bond donors (Lipinski definition) is 1. The van der Waals surface area contributed by atoms with E-state index in [0.29, 0.717) is 5.75 Å². The number of nitrogens with one attached hydrogen (secondary N) is 1. The number of ether oxygens (including phenoxy) is 1. The molecule has 3 atom stereocenters. The lowest BCUT2D eigenvalue weighted by Crippen LogP contribution is -2.30. The zero-order valence-electron chi connectivity index (χ0n) is 13.3. The Bertz CT molecular complexity index is 817. The summed E-state index contributed by atoms with van der Waals surface area (Å²) in [7, 11) is 1.59. The Morgan fingerprint density at radius 2 is 2.00 bits per heavy atom. The molecule has 24 heavy (non-hydrogen) atoms. The molecule has 1 N–H and O–H groups in total. The Morgan fingerprint density at radius 3 is 2.71 bits per heavy atom. The van der Waals surface area contributed by atoms with E-state index in [4.69, 9.17) is 4.74 Å². The van der Waals surface area contributed by atoms with Crippen LogP contribution in [-0.4, -0.2) is 12.0 Å². The van der Waals surface area contributed by atoms with Crippen molar-refractivity contribution in [2.75, 3.05) is 12.4 Å². The van der Waals surface area contributed by atoms with Gasteiger partial charge in [0.1, 0.15) is 5.75 Å². The van der Waals surface area contributed by atoms with Gasteiger partial charge in [-0.15, -0.1) is 0 Å². The van der Waals surface area contributed by atoms with E-state index in [0.717, 1.165) is 17.7 Å². The molecule has 1 heterocycles. The van der Waals surface area contributed by atoms with E-state index in [1.54, 1.807) is 19.2 Å². The summed E-state index contributed by atoms with van der Waals surface area (Å²) in [6.45, 7) is 0. The highest BCUT2D eigenvalue weighted by Crippen LogP contribution is 2.54.